The second-order valence-corrected chi connectivity index (χ2v) is 5.60. The predicted octanol–water partition coefficient (Wildman–Crippen LogP) is 6.14. The fourth-order valence-corrected chi connectivity index (χ4v) is 2.44. The highest BCUT2D eigenvalue weighted by Crippen LogP contribution is 2.29. The average molecular weight is 367 g/mol. The fourth-order valence-electron chi connectivity index (χ4n) is 2.44. The van der Waals surface area contributed by atoms with Crippen molar-refractivity contribution in [2.45, 2.75) is 31.9 Å². The number of halogens is 3. The molecule has 3 rings (SSSR count). The topological polar surface area (TPSA) is 12.0 Å². The van der Waals surface area contributed by atoms with Crippen molar-refractivity contribution in [2.24, 2.45) is 0 Å². The van der Waals surface area contributed by atoms with Gasteiger partial charge in [0.15, 0.2) is 0 Å². The van der Waals surface area contributed by atoms with E-state index in [4.69, 9.17) is 13.7 Å². The van der Waals surface area contributed by atoms with Crippen molar-refractivity contribution in [2.75, 3.05) is 6.54 Å². The molecular formula is C22H22F3N. The Morgan fingerprint density at radius 1 is 1.15 bits per heavy atom. The lowest BCUT2D eigenvalue weighted by molar-refractivity contribution is -0.137. The van der Waals surface area contributed by atoms with E-state index in [0.717, 1.165) is 12.1 Å². The maximum atomic E-state index is 13.0. The lowest BCUT2D eigenvalue weighted by Crippen LogP contribution is -2.20. The van der Waals surface area contributed by atoms with E-state index in [-0.39, 0.29) is 21.9 Å². The second-order valence-electron chi connectivity index (χ2n) is 5.60. The van der Waals surface area contributed by atoms with E-state index in [0.29, 0.717) is 0 Å². The van der Waals surface area contributed by atoms with Crippen LogP contribution in [-0.2, 0) is 12.6 Å². The van der Waals surface area contributed by atoms with Crippen molar-refractivity contribution < 1.29 is 26.9 Å². The Kier molecular flexibility index (Phi) is 2.91. The van der Waals surface area contributed by atoms with Crippen molar-refractivity contribution in [3.05, 3.63) is 83.3 Å². The molecule has 4 heteroatoms. The second kappa shape index (κ2) is 7.92. The zero-order valence-corrected chi connectivity index (χ0v) is 13.9. The van der Waals surface area contributed by atoms with Crippen LogP contribution in [0.4, 0.5) is 13.2 Å². The lowest BCUT2D eigenvalue weighted by Gasteiger charge is -2.17. The van der Waals surface area contributed by atoms with Crippen LogP contribution in [0, 0.1) is 0 Å². The molecule has 0 radical (unpaired) electrons. The van der Waals surface area contributed by atoms with Gasteiger partial charge in [0.1, 0.15) is 0 Å². The fraction of sp³-hybridized carbons (Fsp3) is 0.273. The molecule has 0 spiro atoms. The smallest absolute Gasteiger partial charge is 0.310 e. The van der Waals surface area contributed by atoms with Gasteiger partial charge in [-0.05, 0) is 54.2 Å². The Labute approximate surface area is 165 Å². The third-order valence-electron chi connectivity index (χ3n) is 3.75. The molecule has 0 bridgehead atoms. The molecule has 0 saturated carbocycles. The highest BCUT2D eigenvalue weighted by atomic mass is 19.4. The number of nitrogens with one attached hydrogen (secondary N) is 1. The van der Waals surface area contributed by atoms with Gasteiger partial charge in [-0.15, -0.1) is 0 Å². The largest absolute Gasteiger partial charge is 0.416 e. The van der Waals surface area contributed by atoms with Gasteiger partial charge in [-0.1, -0.05) is 60.5 Å². The van der Waals surface area contributed by atoms with E-state index in [2.05, 4.69) is 5.32 Å². The molecule has 0 amide bonds. The number of hydrogen-bond donors (Lipinski definition) is 1. The SMILES string of the molecule is [2H]c1c([2H])c([2H])c2c([C@]([2H])(C)NCC([2H])([2H])Cc3cccc(C(F)(F)F)c3)c([2H])c([2H])c([2H])c2c1[2H]. The third kappa shape index (κ3) is 4.44. The van der Waals surface area contributed by atoms with Gasteiger partial charge in [-0.2, -0.15) is 13.2 Å². The Bertz CT molecular complexity index is 1330. The number of rotatable bonds is 6. The zero-order chi connectivity index (χ0) is 27.4. The van der Waals surface area contributed by atoms with Gasteiger partial charge in [0.05, 0.1) is 16.5 Å². The molecule has 136 valence electrons. The van der Waals surface area contributed by atoms with Gasteiger partial charge < -0.3 is 5.32 Å². The van der Waals surface area contributed by atoms with Gasteiger partial charge in [-0.3, -0.25) is 0 Å². The van der Waals surface area contributed by atoms with Crippen molar-refractivity contribution in [3.8, 4) is 0 Å². The first-order valence-electron chi connectivity index (χ1n) is 12.8. The molecule has 0 aliphatic rings. The van der Waals surface area contributed by atoms with E-state index >= 15 is 0 Å². The molecule has 26 heavy (non-hydrogen) atoms. The van der Waals surface area contributed by atoms with Crippen LogP contribution in [0.5, 0.6) is 0 Å². The molecule has 1 nitrogen and oxygen atoms in total. The number of aryl methyl sites for hydroxylation is 1. The maximum Gasteiger partial charge on any atom is 0.416 e. The summed E-state index contributed by atoms with van der Waals surface area (Å²) in [7, 11) is 0. The molecule has 3 aromatic carbocycles. The number of fused-ring (bicyclic) bond motifs is 1. The standard InChI is InChI=1S/C22H22F3N/c1-16(20-13-5-10-18-9-2-3-12-21(18)20)26-14-6-8-17-7-4-11-19(15-17)22(23,24)25/h2-5,7,9-13,15-16,26H,6,8,14H2,1H3/t16-/m0/s1/i2D,3D,5D,6D2,9D,10D,12D,13D,16D. The summed E-state index contributed by atoms with van der Waals surface area (Å²) in [5.41, 5.74) is -1.18. The van der Waals surface area contributed by atoms with E-state index in [1.54, 1.807) is 0 Å². The first kappa shape index (κ1) is 9.56. The van der Waals surface area contributed by atoms with Crippen LogP contribution in [0.3, 0.4) is 0 Å². The summed E-state index contributed by atoms with van der Waals surface area (Å²) in [5, 5.41) is 1.97. The molecular weight excluding hydrogens is 335 g/mol. The summed E-state index contributed by atoms with van der Waals surface area (Å²) in [6.45, 7) is 0.649. The van der Waals surface area contributed by atoms with Gasteiger partial charge in [0, 0.05) is 8.76 Å². The zero-order valence-electron chi connectivity index (χ0n) is 23.9. The minimum Gasteiger partial charge on any atom is -0.310 e. The molecule has 0 saturated heterocycles. The summed E-state index contributed by atoms with van der Waals surface area (Å²) in [4.78, 5) is 0. The Hall–Kier alpha value is -2.33. The van der Waals surface area contributed by atoms with Crippen molar-refractivity contribution in [3.63, 3.8) is 0 Å². The van der Waals surface area contributed by atoms with E-state index in [1.807, 2.05) is 0 Å². The summed E-state index contributed by atoms with van der Waals surface area (Å²) < 4.78 is 121. The molecule has 0 aliphatic heterocycles. The monoisotopic (exact) mass is 367 g/mol. The van der Waals surface area contributed by atoms with Gasteiger partial charge >= 0.3 is 6.18 Å². The number of alkyl halides is 3. The normalized spacial score (nSPS) is 20.3. The third-order valence-corrected chi connectivity index (χ3v) is 3.75. The summed E-state index contributed by atoms with van der Waals surface area (Å²) in [6.07, 6.45) is -7.17. The highest BCUT2D eigenvalue weighted by molar-refractivity contribution is 5.86. The predicted molar refractivity (Wildman–Crippen MR) is 100 cm³/mol. The maximum absolute atomic E-state index is 13.0. The molecule has 1 N–H and O–H groups in total. The van der Waals surface area contributed by atoms with Gasteiger partial charge in [0.2, 0.25) is 0 Å². The molecule has 0 fully saturated rings. The average Bonchev–Trinajstić information content (AvgIpc) is 2.77. The quantitative estimate of drug-likeness (QED) is 0.552. The summed E-state index contributed by atoms with van der Waals surface area (Å²) >= 11 is 0. The van der Waals surface area contributed by atoms with Gasteiger partial charge in [-0.25, -0.2) is 0 Å². The van der Waals surface area contributed by atoms with Crippen LogP contribution in [0.25, 0.3) is 10.8 Å². The Morgan fingerprint density at radius 3 is 2.73 bits per heavy atom. The molecule has 0 unspecified atom stereocenters. The van der Waals surface area contributed by atoms with Crippen molar-refractivity contribution >= 4 is 10.8 Å². The number of benzene rings is 3. The molecule has 1 atom stereocenters. The lowest BCUT2D eigenvalue weighted by atomic mass is 9.99. The molecule has 0 aromatic heterocycles. The Balaban J connectivity index is 2.02. The van der Waals surface area contributed by atoms with E-state index < -0.39 is 79.4 Å². The summed E-state index contributed by atoms with van der Waals surface area (Å²) in [5.74, 6) is 0. The van der Waals surface area contributed by atoms with Crippen molar-refractivity contribution in [1.29, 1.82) is 0 Å². The van der Waals surface area contributed by atoms with Crippen LogP contribution in [0.2, 0.25) is 0 Å². The minimum atomic E-state index is -4.59. The van der Waals surface area contributed by atoms with Crippen LogP contribution in [-0.4, -0.2) is 6.54 Å². The Morgan fingerprint density at radius 2 is 1.92 bits per heavy atom. The van der Waals surface area contributed by atoms with Crippen LogP contribution in [0.15, 0.2) is 66.6 Å². The van der Waals surface area contributed by atoms with E-state index in [9.17, 15) is 13.2 Å². The van der Waals surface area contributed by atoms with Crippen LogP contribution >= 0.6 is 0 Å². The van der Waals surface area contributed by atoms with Crippen LogP contribution < -0.4 is 5.32 Å². The van der Waals surface area contributed by atoms with Crippen molar-refractivity contribution in [1.82, 2.24) is 5.32 Å². The van der Waals surface area contributed by atoms with Gasteiger partial charge in [0.25, 0.3) is 0 Å². The molecule has 0 aliphatic carbocycles. The summed E-state index contributed by atoms with van der Waals surface area (Å²) in [6, 6.07) is -2.20. The van der Waals surface area contributed by atoms with E-state index in [1.165, 1.54) is 19.1 Å². The number of hydrogen-bond acceptors (Lipinski definition) is 1. The first-order valence-corrected chi connectivity index (χ1v) is 7.80. The minimum absolute atomic E-state index is 0.0797. The first-order chi connectivity index (χ1) is 16.4. The molecule has 3 aromatic rings. The molecule has 0 heterocycles. The highest BCUT2D eigenvalue weighted by Gasteiger charge is 2.30. The van der Waals surface area contributed by atoms with Crippen LogP contribution in [0.1, 0.15) is 49.7 Å².